The van der Waals surface area contributed by atoms with Crippen LogP contribution in [-0.4, -0.2) is 16.7 Å². The van der Waals surface area contributed by atoms with E-state index in [-0.39, 0.29) is 5.78 Å². The highest BCUT2D eigenvalue weighted by Gasteiger charge is 2.17. The molecular weight excluding hydrogens is 134 g/mol. The zero-order valence-electron chi connectivity index (χ0n) is 3.30. The minimum atomic E-state index is -0.458. The maximum absolute atomic E-state index is 10.3. The number of ketones is 1. The summed E-state index contributed by atoms with van der Waals surface area (Å²) in [4.78, 5) is 10.3. The van der Waals surface area contributed by atoms with Gasteiger partial charge in [0.25, 0.3) is 0 Å². The first-order valence-electron chi connectivity index (χ1n) is 1.68. The molecule has 0 radical (unpaired) electrons. The number of hydrogen-bond donors (Lipinski definition) is 0. The lowest BCUT2D eigenvalue weighted by Crippen LogP contribution is -2.03. The number of carbonyl (C=O) groups is 1. The predicted molar refractivity (Wildman–Crippen MR) is 30.7 cm³/mol. The minimum Gasteiger partial charge on any atom is -0.290 e. The molecule has 1 atom stereocenters. The Labute approximate surface area is 50.1 Å². The third-order valence-electron chi connectivity index (χ3n) is 0.557. The molecule has 4 heteroatoms. The van der Waals surface area contributed by atoms with Crippen LogP contribution in [0.2, 0.25) is 0 Å². The summed E-state index contributed by atoms with van der Waals surface area (Å²) in [7, 11) is 0. The van der Waals surface area contributed by atoms with Crippen LogP contribution in [0.5, 0.6) is 0 Å². The van der Waals surface area contributed by atoms with Crippen LogP contribution in [-0.2, 0) is 4.79 Å². The number of nitrogens with zero attached hydrogens (tertiary/aromatic N) is 1. The van der Waals surface area contributed by atoms with Crippen molar-refractivity contribution in [3.05, 3.63) is 0 Å². The summed E-state index contributed by atoms with van der Waals surface area (Å²) in [5.74, 6) is -0.105. The maximum Gasteiger partial charge on any atom is 0.204 e. The van der Waals surface area contributed by atoms with E-state index in [0.29, 0.717) is 0 Å². The van der Waals surface area contributed by atoms with Gasteiger partial charge in [-0.05, 0) is 0 Å². The third kappa shape index (κ3) is 0.951. The van der Waals surface area contributed by atoms with Crippen molar-refractivity contribution in [1.82, 2.24) is 0 Å². The van der Waals surface area contributed by atoms with Gasteiger partial charge in [-0.2, -0.15) is 0 Å². The summed E-state index contributed by atoms with van der Waals surface area (Å²) in [5, 5.41) is 0. The Balaban J connectivity index is 2.62. The first kappa shape index (κ1) is 5.12. The predicted octanol–water partition coefficient (Wildman–Crippen LogP) is 0.853. The fourth-order valence-electron chi connectivity index (χ4n) is 0.246. The number of halogens is 1. The second-order valence-corrected chi connectivity index (χ2v) is 2.65. The number of alkyl halides is 1. The van der Waals surface area contributed by atoms with Gasteiger partial charge >= 0.3 is 0 Å². The maximum atomic E-state index is 10.3. The van der Waals surface area contributed by atoms with Gasteiger partial charge in [-0.15, -0.1) is 11.6 Å². The highest BCUT2D eigenvalue weighted by Crippen LogP contribution is 2.20. The van der Waals surface area contributed by atoms with E-state index in [0.717, 1.165) is 11.9 Å². The van der Waals surface area contributed by atoms with E-state index < -0.39 is 4.71 Å². The van der Waals surface area contributed by atoms with Crippen LogP contribution in [0.4, 0.5) is 0 Å². The molecule has 0 aromatic heterocycles. The lowest BCUT2D eigenvalue weighted by atomic mass is 10.5. The van der Waals surface area contributed by atoms with E-state index in [9.17, 15) is 4.79 Å². The van der Waals surface area contributed by atoms with Crippen LogP contribution < -0.4 is 0 Å². The molecule has 0 aromatic carbocycles. The van der Waals surface area contributed by atoms with Crippen LogP contribution >= 0.6 is 23.5 Å². The number of rotatable bonds is 0. The van der Waals surface area contributed by atoms with Gasteiger partial charge in [0.1, 0.15) is 0 Å². The minimum absolute atomic E-state index is 0.105. The zero-order chi connectivity index (χ0) is 5.28. The molecule has 0 amide bonds. The van der Waals surface area contributed by atoms with Crippen molar-refractivity contribution >= 4 is 35.5 Å². The average molecular weight is 136 g/mol. The van der Waals surface area contributed by atoms with Crippen LogP contribution in [0.1, 0.15) is 0 Å². The Morgan fingerprint density at radius 1 is 2.00 bits per heavy atom. The van der Waals surface area contributed by atoms with E-state index in [4.69, 9.17) is 11.6 Å². The lowest BCUT2D eigenvalue weighted by Gasteiger charge is -1.85. The molecule has 0 aliphatic carbocycles. The smallest absolute Gasteiger partial charge is 0.204 e. The normalized spacial score (nSPS) is 29.3. The molecule has 1 aliphatic heterocycles. The first-order chi connectivity index (χ1) is 3.30. The van der Waals surface area contributed by atoms with Crippen molar-refractivity contribution in [2.24, 2.45) is 4.40 Å². The topological polar surface area (TPSA) is 29.4 Å². The average Bonchev–Trinajstić information content (AvgIpc) is 1.91. The Hall–Kier alpha value is -0.0200. The van der Waals surface area contributed by atoms with Crippen molar-refractivity contribution in [2.45, 2.75) is 4.71 Å². The molecule has 0 N–H and O–H groups in total. The molecule has 0 aromatic rings. The van der Waals surface area contributed by atoms with Gasteiger partial charge in [0.05, 0.1) is 6.21 Å². The largest absolute Gasteiger partial charge is 0.290 e. The Morgan fingerprint density at radius 2 is 2.71 bits per heavy atom. The molecule has 1 rings (SSSR count). The molecule has 1 heterocycles. The van der Waals surface area contributed by atoms with Crippen LogP contribution in [0, 0.1) is 0 Å². The van der Waals surface area contributed by atoms with Gasteiger partial charge < -0.3 is 0 Å². The molecule has 2 nitrogen and oxygen atoms in total. The van der Waals surface area contributed by atoms with Crippen molar-refractivity contribution < 1.29 is 4.79 Å². The summed E-state index contributed by atoms with van der Waals surface area (Å²) in [6.07, 6.45) is 1.24. The number of hydrogen-bond acceptors (Lipinski definition) is 3. The molecule has 0 bridgehead atoms. The molecule has 0 fully saturated rings. The molecule has 0 saturated carbocycles. The molecule has 0 saturated heterocycles. The molecular formula is C3H2ClNOS. The Bertz CT molecular complexity index is 124. The monoisotopic (exact) mass is 135 g/mol. The van der Waals surface area contributed by atoms with Crippen molar-refractivity contribution in [1.29, 1.82) is 0 Å². The lowest BCUT2D eigenvalue weighted by molar-refractivity contribution is -0.110. The van der Waals surface area contributed by atoms with Crippen molar-refractivity contribution in [3.8, 4) is 0 Å². The molecule has 0 spiro atoms. The van der Waals surface area contributed by atoms with E-state index in [1.165, 1.54) is 6.21 Å². The van der Waals surface area contributed by atoms with E-state index in [1.807, 2.05) is 0 Å². The second-order valence-electron chi connectivity index (χ2n) is 1.06. The summed E-state index contributed by atoms with van der Waals surface area (Å²) in [6, 6.07) is 0. The first-order valence-corrected chi connectivity index (χ1v) is 2.95. The van der Waals surface area contributed by atoms with Crippen LogP contribution in [0.25, 0.3) is 0 Å². The van der Waals surface area contributed by atoms with Gasteiger partial charge in [0.2, 0.25) is 5.78 Å². The molecule has 1 aliphatic rings. The van der Waals surface area contributed by atoms with Crippen molar-refractivity contribution in [3.63, 3.8) is 0 Å². The third-order valence-corrected chi connectivity index (χ3v) is 1.66. The van der Waals surface area contributed by atoms with Gasteiger partial charge in [0.15, 0.2) is 4.71 Å². The number of carbonyl (C=O) groups excluding carboxylic acids is 1. The highest BCUT2D eigenvalue weighted by atomic mass is 35.5. The summed E-state index contributed by atoms with van der Waals surface area (Å²) >= 11 is 6.44. The van der Waals surface area contributed by atoms with Gasteiger partial charge in [-0.1, -0.05) is 0 Å². The summed E-state index contributed by atoms with van der Waals surface area (Å²) < 4.78 is 3.10. The van der Waals surface area contributed by atoms with Gasteiger partial charge in [0, 0.05) is 11.9 Å². The molecule has 1 unspecified atom stereocenters. The van der Waals surface area contributed by atoms with E-state index >= 15 is 0 Å². The van der Waals surface area contributed by atoms with Crippen molar-refractivity contribution in [2.75, 3.05) is 0 Å². The SMILES string of the molecule is O=C1C=NSC1Cl. The summed E-state index contributed by atoms with van der Waals surface area (Å²) in [6.45, 7) is 0. The fraction of sp³-hybridized carbons (Fsp3) is 0.333. The highest BCUT2D eigenvalue weighted by molar-refractivity contribution is 8.01. The molecule has 7 heavy (non-hydrogen) atoms. The number of Topliss-reactive ketones (excluding diaryl/α,β-unsaturated/α-hetero) is 1. The second kappa shape index (κ2) is 1.84. The van der Waals surface area contributed by atoms with Crippen LogP contribution in [0.3, 0.4) is 0 Å². The fourth-order valence-corrected chi connectivity index (χ4v) is 0.877. The van der Waals surface area contributed by atoms with Gasteiger partial charge in [-0.25, -0.2) is 4.40 Å². The zero-order valence-corrected chi connectivity index (χ0v) is 4.87. The molecule has 38 valence electrons. The Kier molecular flexibility index (Phi) is 1.35. The van der Waals surface area contributed by atoms with Crippen LogP contribution in [0.15, 0.2) is 4.40 Å². The summed E-state index contributed by atoms with van der Waals surface area (Å²) in [5.41, 5.74) is 0. The Morgan fingerprint density at radius 3 is 2.86 bits per heavy atom. The standard InChI is InChI=1S/C3H2ClNOS/c4-3-2(6)1-5-7-3/h1,3H. The van der Waals surface area contributed by atoms with E-state index in [2.05, 4.69) is 4.40 Å². The quantitative estimate of drug-likeness (QED) is 0.364. The van der Waals surface area contributed by atoms with E-state index in [1.54, 1.807) is 0 Å². The van der Waals surface area contributed by atoms with Gasteiger partial charge in [-0.3, -0.25) is 4.79 Å².